The number of alkyl halides is 3. The lowest BCUT2D eigenvalue weighted by Crippen LogP contribution is -2.57. The molecule has 3 aromatic heterocycles. The van der Waals surface area contributed by atoms with Crippen LogP contribution in [0.5, 0.6) is 0 Å². The molecule has 11 heteroatoms. The van der Waals surface area contributed by atoms with E-state index >= 15 is 0 Å². The normalized spacial score (nSPS) is 18.5. The quantitative estimate of drug-likeness (QED) is 0.337. The van der Waals surface area contributed by atoms with Gasteiger partial charge in [-0.3, -0.25) is 13.9 Å². The summed E-state index contributed by atoms with van der Waals surface area (Å²) in [5.74, 6) is 1.20. The molecule has 202 valence electrons. The zero-order valence-electron chi connectivity index (χ0n) is 21.7. The summed E-state index contributed by atoms with van der Waals surface area (Å²) in [5, 5.41) is 8.39. The molecule has 4 aromatic rings. The molecular weight excluding hydrogens is 507 g/mol. The third-order valence-electron chi connectivity index (χ3n) is 8.09. The number of benzene rings is 1. The molecule has 0 unspecified atom stereocenters. The van der Waals surface area contributed by atoms with E-state index in [-0.39, 0.29) is 18.0 Å². The molecule has 1 aliphatic heterocycles. The van der Waals surface area contributed by atoms with E-state index in [9.17, 15) is 18.0 Å². The summed E-state index contributed by atoms with van der Waals surface area (Å²) in [5.41, 5.74) is -0.298. The Morgan fingerprint density at radius 3 is 2.59 bits per heavy atom. The van der Waals surface area contributed by atoms with E-state index in [4.69, 9.17) is 6.57 Å². The standard InChI is InChI=1S/C28H28F3N7O/c1-27(32-2)15-36(16-27)12-18-10-22(28(29,30)31)23-14-37(26(39)38(23)13-18)21-9-5-8-20(11-21)24(19-6-4-7-19)25-34-33-17-35(25)3/h5,8-11,13-14,17,19,24H,4,6-7,12,15-16H2,1,3H3/t24-/m1/s1. The van der Waals surface area contributed by atoms with E-state index in [0.717, 1.165) is 41.1 Å². The van der Waals surface area contributed by atoms with Crippen molar-refractivity contribution in [1.29, 1.82) is 0 Å². The first-order valence-electron chi connectivity index (χ1n) is 13.0. The number of halogens is 3. The molecule has 0 radical (unpaired) electrons. The van der Waals surface area contributed by atoms with E-state index in [1.807, 2.05) is 41.6 Å². The summed E-state index contributed by atoms with van der Waals surface area (Å²) in [6, 6.07) is 8.53. The minimum absolute atomic E-state index is 0.0195. The molecule has 0 spiro atoms. The highest BCUT2D eigenvalue weighted by atomic mass is 19.4. The monoisotopic (exact) mass is 535 g/mol. The van der Waals surface area contributed by atoms with Crippen LogP contribution in [0.25, 0.3) is 16.0 Å². The number of nitrogens with zero attached hydrogens (tertiary/aromatic N) is 7. The van der Waals surface area contributed by atoms with Gasteiger partial charge in [0.15, 0.2) is 0 Å². The van der Waals surface area contributed by atoms with Crippen LogP contribution in [0.4, 0.5) is 13.2 Å². The van der Waals surface area contributed by atoms with Crippen molar-refractivity contribution in [3.8, 4) is 5.69 Å². The Labute approximate surface area is 223 Å². The molecule has 1 aromatic carbocycles. The van der Waals surface area contributed by atoms with Crippen molar-refractivity contribution in [1.82, 2.24) is 28.6 Å². The second-order valence-electron chi connectivity index (χ2n) is 11.1. The second kappa shape index (κ2) is 9.09. The van der Waals surface area contributed by atoms with E-state index in [1.54, 1.807) is 12.4 Å². The van der Waals surface area contributed by atoms with Gasteiger partial charge in [-0.15, -0.1) is 10.2 Å². The highest BCUT2D eigenvalue weighted by molar-refractivity contribution is 5.58. The van der Waals surface area contributed by atoms with Gasteiger partial charge in [0.05, 0.1) is 29.9 Å². The smallest absolute Gasteiger partial charge is 0.320 e. The van der Waals surface area contributed by atoms with Gasteiger partial charge in [-0.2, -0.15) is 13.2 Å². The van der Waals surface area contributed by atoms with Crippen molar-refractivity contribution in [2.75, 3.05) is 13.1 Å². The maximum absolute atomic E-state index is 14.2. The summed E-state index contributed by atoms with van der Waals surface area (Å²) >= 11 is 0. The van der Waals surface area contributed by atoms with Crippen LogP contribution in [0.3, 0.4) is 0 Å². The Kier molecular flexibility index (Phi) is 5.91. The van der Waals surface area contributed by atoms with Crippen LogP contribution in [0.2, 0.25) is 0 Å². The van der Waals surface area contributed by atoms with Crippen molar-refractivity contribution in [3.05, 3.63) is 93.5 Å². The van der Waals surface area contributed by atoms with Gasteiger partial charge in [-0.05, 0) is 48.1 Å². The van der Waals surface area contributed by atoms with Gasteiger partial charge in [-0.25, -0.2) is 11.4 Å². The van der Waals surface area contributed by atoms with Crippen LogP contribution in [-0.2, 0) is 19.8 Å². The Hall–Kier alpha value is -3.91. The lowest BCUT2D eigenvalue weighted by Gasteiger charge is -2.39. The fraction of sp³-hybridized carbons (Fsp3) is 0.429. The highest BCUT2D eigenvalue weighted by Gasteiger charge is 2.45. The van der Waals surface area contributed by atoms with Gasteiger partial charge in [0.2, 0.25) is 0 Å². The zero-order valence-corrected chi connectivity index (χ0v) is 21.7. The van der Waals surface area contributed by atoms with Gasteiger partial charge >= 0.3 is 11.9 Å². The number of imidazole rings is 1. The molecular formula is C28H28F3N7O. The third-order valence-corrected chi connectivity index (χ3v) is 8.09. The number of fused-ring (bicyclic) bond motifs is 1. The average molecular weight is 536 g/mol. The number of aryl methyl sites for hydroxylation is 1. The number of hydrogen-bond donors (Lipinski definition) is 0. The predicted molar refractivity (Wildman–Crippen MR) is 138 cm³/mol. The SMILES string of the molecule is [C-]#[N+]C1(C)CN(Cc2cc(C(F)(F)F)c3cn(-c4cccc([C@H](c5nncn5C)C5CCC5)c4)c(=O)n3c2)C1. The average Bonchev–Trinajstić information content (AvgIpc) is 3.42. The number of aromatic nitrogens is 5. The van der Waals surface area contributed by atoms with Crippen molar-refractivity contribution in [3.63, 3.8) is 0 Å². The van der Waals surface area contributed by atoms with Crippen LogP contribution in [0.15, 0.2) is 53.8 Å². The fourth-order valence-corrected chi connectivity index (χ4v) is 5.95. The Morgan fingerprint density at radius 1 is 1.21 bits per heavy atom. The van der Waals surface area contributed by atoms with E-state index in [1.165, 1.54) is 17.0 Å². The topological polar surface area (TPSA) is 64.7 Å². The molecule has 0 N–H and O–H groups in total. The minimum atomic E-state index is -4.64. The van der Waals surface area contributed by atoms with Crippen LogP contribution in [-0.4, -0.2) is 47.3 Å². The minimum Gasteiger partial charge on any atom is -0.320 e. The lowest BCUT2D eigenvalue weighted by atomic mass is 9.72. The van der Waals surface area contributed by atoms with Crippen molar-refractivity contribution in [2.45, 2.75) is 50.4 Å². The molecule has 39 heavy (non-hydrogen) atoms. The second-order valence-corrected chi connectivity index (χ2v) is 11.1. The van der Waals surface area contributed by atoms with Gasteiger partial charge in [-0.1, -0.05) is 18.6 Å². The first-order valence-corrected chi connectivity index (χ1v) is 13.0. The molecule has 6 rings (SSSR count). The molecule has 1 saturated carbocycles. The third kappa shape index (κ3) is 4.42. The number of pyridine rings is 1. The summed E-state index contributed by atoms with van der Waals surface area (Å²) in [6.45, 7) is 10.3. The largest absolute Gasteiger partial charge is 0.418 e. The molecule has 4 heterocycles. The molecule has 0 bridgehead atoms. The molecule has 2 aliphatic rings. The van der Waals surface area contributed by atoms with E-state index < -0.39 is 23.0 Å². The van der Waals surface area contributed by atoms with Crippen molar-refractivity contribution in [2.24, 2.45) is 13.0 Å². The van der Waals surface area contributed by atoms with Crippen molar-refractivity contribution >= 4 is 5.52 Å². The van der Waals surface area contributed by atoms with Crippen molar-refractivity contribution < 1.29 is 13.2 Å². The summed E-state index contributed by atoms with van der Waals surface area (Å²) in [6.07, 6.45) is 3.03. The van der Waals surface area contributed by atoms with Gasteiger partial charge in [0.25, 0.3) is 5.54 Å². The molecule has 2 fully saturated rings. The van der Waals surface area contributed by atoms with E-state index in [2.05, 4.69) is 15.0 Å². The van der Waals surface area contributed by atoms with Crippen LogP contribution < -0.4 is 5.69 Å². The number of rotatable bonds is 6. The molecule has 0 amide bonds. The molecule has 1 saturated heterocycles. The molecule has 1 atom stereocenters. The highest BCUT2D eigenvalue weighted by Crippen LogP contribution is 2.43. The van der Waals surface area contributed by atoms with Crippen LogP contribution in [0, 0.1) is 12.5 Å². The predicted octanol–water partition coefficient (Wildman–Crippen LogP) is 4.66. The summed E-state index contributed by atoms with van der Waals surface area (Å²) < 4.78 is 46.7. The van der Waals surface area contributed by atoms with Gasteiger partial charge < -0.3 is 9.41 Å². The first-order chi connectivity index (χ1) is 18.6. The Bertz CT molecular complexity index is 1650. The Balaban J connectivity index is 1.41. The van der Waals surface area contributed by atoms with Gasteiger partial charge in [0, 0.05) is 38.8 Å². The first kappa shape index (κ1) is 25.4. The summed E-state index contributed by atoms with van der Waals surface area (Å²) in [4.78, 5) is 19.0. The number of hydrogen-bond acceptors (Lipinski definition) is 4. The number of likely N-dealkylation sites (tertiary alicyclic amines) is 1. The van der Waals surface area contributed by atoms with Crippen LogP contribution in [0.1, 0.15) is 54.6 Å². The summed E-state index contributed by atoms with van der Waals surface area (Å²) in [7, 11) is 1.90. The molecule has 1 aliphatic carbocycles. The Morgan fingerprint density at radius 2 is 1.97 bits per heavy atom. The maximum atomic E-state index is 14.2. The zero-order chi connectivity index (χ0) is 27.5. The maximum Gasteiger partial charge on any atom is 0.418 e. The lowest BCUT2D eigenvalue weighted by molar-refractivity contribution is -0.136. The van der Waals surface area contributed by atoms with Gasteiger partial charge in [0.1, 0.15) is 12.2 Å². The van der Waals surface area contributed by atoms with E-state index in [0.29, 0.717) is 30.3 Å². The fourth-order valence-electron chi connectivity index (χ4n) is 5.95. The van der Waals surface area contributed by atoms with Crippen LogP contribution >= 0.6 is 0 Å². The molecule has 8 nitrogen and oxygen atoms in total.